The van der Waals surface area contributed by atoms with Crippen molar-refractivity contribution in [3.8, 4) is 0 Å². The number of nitrogens with zero attached hydrogens (tertiary/aromatic N) is 1. The van der Waals surface area contributed by atoms with E-state index in [0.717, 1.165) is 32.4 Å². The van der Waals surface area contributed by atoms with Gasteiger partial charge < -0.3 is 25.2 Å². The summed E-state index contributed by atoms with van der Waals surface area (Å²) < 4.78 is 5.72. The van der Waals surface area contributed by atoms with Crippen molar-refractivity contribution in [2.45, 2.75) is 81.5 Å². The minimum atomic E-state index is -1.36. The van der Waals surface area contributed by atoms with E-state index < -0.39 is 28.8 Å². The van der Waals surface area contributed by atoms with Crippen LogP contribution >= 0.6 is 0 Å². The van der Waals surface area contributed by atoms with Crippen molar-refractivity contribution >= 4 is 0 Å². The third-order valence-electron chi connectivity index (χ3n) is 10.8. The molecule has 1 aliphatic heterocycles. The Morgan fingerprint density at radius 3 is 2.57 bits per heavy atom. The zero-order chi connectivity index (χ0) is 19.9. The van der Waals surface area contributed by atoms with Crippen molar-refractivity contribution < 1.29 is 25.2 Å². The van der Waals surface area contributed by atoms with Crippen molar-refractivity contribution in [1.29, 1.82) is 0 Å². The van der Waals surface area contributed by atoms with Gasteiger partial charge in [0.1, 0.15) is 11.2 Å². The number of aliphatic hydroxyl groups is 4. The van der Waals surface area contributed by atoms with Gasteiger partial charge in [0.05, 0.1) is 18.3 Å². The summed E-state index contributed by atoms with van der Waals surface area (Å²) >= 11 is 0. The maximum atomic E-state index is 12.3. The zero-order valence-electron chi connectivity index (χ0n) is 17.2. The molecule has 1 saturated heterocycles. The third kappa shape index (κ3) is 1.59. The number of rotatable bonds is 2. The van der Waals surface area contributed by atoms with Gasteiger partial charge in [-0.2, -0.15) is 0 Å². The molecule has 1 spiro atoms. The summed E-state index contributed by atoms with van der Waals surface area (Å²) in [5, 5.41) is 47.3. The van der Waals surface area contributed by atoms with E-state index in [0.29, 0.717) is 12.8 Å². The number of hydrogen-bond donors (Lipinski definition) is 4. The molecule has 0 radical (unpaired) electrons. The van der Waals surface area contributed by atoms with Gasteiger partial charge in [0.15, 0.2) is 0 Å². The molecule has 6 fully saturated rings. The molecule has 0 unspecified atom stereocenters. The Morgan fingerprint density at radius 1 is 1.14 bits per heavy atom. The Bertz CT molecular complexity index is 719. The van der Waals surface area contributed by atoms with E-state index in [9.17, 15) is 20.4 Å². The van der Waals surface area contributed by atoms with Gasteiger partial charge in [0.25, 0.3) is 0 Å². The predicted octanol–water partition coefficient (Wildman–Crippen LogP) is 0.366. The highest BCUT2D eigenvalue weighted by Crippen LogP contribution is 2.79. The molecule has 12 atom stereocenters. The minimum Gasteiger partial charge on any atom is -0.392 e. The summed E-state index contributed by atoms with van der Waals surface area (Å²) in [6.07, 6.45) is 2.00. The van der Waals surface area contributed by atoms with Crippen LogP contribution in [0.1, 0.15) is 46.0 Å². The number of hydrogen-bond acceptors (Lipinski definition) is 6. The largest absolute Gasteiger partial charge is 0.392 e. The second kappa shape index (κ2) is 5.14. The van der Waals surface area contributed by atoms with Crippen LogP contribution in [0.2, 0.25) is 0 Å². The lowest BCUT2D eigenvalue weighted by atomic mass is 9.43. The standard InChI is InChI=1S/C22H35NO5/c1-4-23-10-19(2)6-5-15(24)22-12-7-11-13(28-3)8-20(26,16(12)17(11)25)21(27,18(22)23)9-14(19)22/h11-18,24-27H,4-10H2,1-3H3/t11-,12-,13-,14-,15+,16-,17+,18-,19+,20-,21+,22-/m1/s1. The molecule has 158 valence electrons. The average molecular weight is 394 g/mol. The van der Waals surface area contributed by atoms with Crippen molar-refractivity contribution in [3.63, 3.8) is 0 Å². The van der Waals surface area contributed by atoms with Gasteiger partial charge in [-0.3, -0.25) is 4.90 Å². The minimum absolute atomic E-state index is 0.0196. The van der Waals surface area contributed by atoms with Crippen LogP contribution in [-0.4, -0.2) is 81.1 Å². The molecule has 6 aliphatic rings. The zero-order valence-corrected chi connectivity index (χ0v) is 17.2. The first kappa shape index (κ1) is 18.5. The number of methoxy groups -OCH3 is 1. The van der Waals surface area contributed by atoms with Gasteiger partial charge in [-0.25, -0.2) is 0 Å². The first-order valence-corrected chi connectivity index (χ1v) is 11.3. The SMILES string of the molecule is CCN1C[C@]2(C)CC[C@H](O)[C@@]34[C@@H]5C[C@H]6[C@H](O)[C@@H]5[C@](O)(C[C@H]6OC)[C@](O)(C[C@H]23)[C@@H]14. The highest BCUT2D eigenvalue weighted by molar-refractivity contribution is 5.38. The Balaban J connectivity index is 1.64. The number of piperidine rings is 1. The van der Waals surface area contributed by atoms with E-state index in [4.69, 9.17) is 4.74 Å². The molecule has 5 aliphatic carbocycles. The number of likely N-dealkylation sites (tertiary alicyclic amines) is 1. The summed E-state index contributed by atoms with van der Waals surface area (Å²) in [5.74, 6) is -0.176. The highest BCUT2D eigenvalue weighted by Gasteiger charge is 2.87. The molecule has 0 aromatic rings. The summed E-state index contributed by atoms with van der Waals surface area (Å²) in [6.45, 7) is 6.18. The van der Waals surface area contributed by atoms with Gasteiger partial charge in [-0.05, 0) is 49.5 Å². The lowest BCUT2D eigenvalue weighted by Crippen LogP contribution is -2.81. The molecule has 7 bridgehead atoms. The Hall–Kier alpha value is -0.240. The quantitative estimate of drug-likeness (QED) is 0.542. The maximum absolute atomic E-state index is 12.3. The number of likely N-dealkylation sites (N-methyl/N-ethyl adjacent to an activating group) is 1. The van der Waals surface area contributed by atoms with Crippen molar-refractivity contribution in [1.82, 2.24) is 4.90 Å². The lowest BCUT2D eigenvalue weighted by Gasteiger charge is -2.69. The van der Waals surface area contributed by atoms with Gasteiger partial charge in [0, 0.05) is 43.4 Å². The van der Waals surface area contributed by atoms with Gasteiger partial charge in [-0.15, -0.1) is 0 Å². The lowest BCUT2D eigenvalue weighted by molar-refractivity contribution is -0.310. The molecule has 0 aromatic heterocycles. The Morgan fingerprint density at radius 2 is 1.89 bits per heavy atom. The van der Waals surface area contributed by atoms with E-state index in [-0.39, 0.29) is 41.2 Å². The van der Waals surface area contributed by atoms with E-state index >= 15 is 0 Å². The maximum Gasteiger partial charge on any atom is 0.110 e. The molecular formula is C22H35NO5. The van der Waals surface area contributed by atoms with Crippen LogP contribution in [0.3, 0.4) is 0 Å². The van der Waals surface area contributed by atoms with Crippen LogP contribution in [0.5, 0.6) is 0 Å². The monoisotopic (exact) mass is 393 g/mol. The van der Waals surface area contributed by atoms with Crippen molar-refractivity contribution in [2.24, 2.45) is 34.5 Å². The van der Waals surface area contributed by atoms with Crippen molar-refractivity contribution in [3.05, 3.63) is 0 Å². The fourth-order valence-corrected chi connectivity index (χ4v) is 10.0. The molecular weight excluding hydrogens is 358 g/mol. The van der Waals surface area contributed by atoms with Gasteiger partial charge in [-0.1, -0.05) is 13.8 Å². The van der Waals surface area contributed by atoms with Crippen LogP contribution in [0.4, 0.5) is 0 Å². The highest BCUT2D eigenvalue weighted by atomic mass is 16.5. The molecule has 28 heavy (non-hydrogen) atoms. The molecule has 1 heterocycles. The normalized spacial score (nSPS) is 67.0. The summed E-state index contributed by atoms with van der Waals surface area (Å²) in [7, 11) is 1.65. The molecule has 4 N–H and O–H groups in total. The first-order chi connectivity index (χ1) is 13.2. The Labute approximate surface area is 166 Å². The fourth-order valence-electron chi connectivity index (χ4n) is 10.0. The second-order valence-corrected chi connectivity index (χ2v) is 11.3. The number of fused-ring (bicyclic) bond motifs is 2. The summed E-state index contributed by atoms with van der Waals surface area (Å²) in [4.78, 5) is 2.36. The van der Waals surface area contributed by atoms with Crippen LogP contribution in [0, 0.1) is 34.5 Å². The molecule has 6 rings (SSSR count). The van der Waals surface area contributed by atoms with Crippen molar-refractivity contribution in [2.75, 3.05) is 20.2 Å². The molecule has 5 saturated carbocycles. The summed E-state index contributed by atoms with van der Waals surface area (Å²) in [6, 6.07) is -0.244. The summed E-state index contributed by atoms with van der Waals surface area (Å²) in [5.41, 5.74) is -3.08. The van der Waals surface area contributed by atoms with Gasteiger partial charge >= 0.3 is 0 Å². The second-order valence-electron chi connectivity index (χ2n) is 11.3. The van der Waals surface area contributed by atoms with Crippen LogP contribution < -0.4 is 0 Å². The Kier molecular flexibility index (Phi) is 3.40. The molecule has 0 amide bonds. The molecule has 0 aromatic carbocycles. The van der Waals surface area contributed by atoms with Crippen LogP contribution in [0.25, 0.3) is 0 Å². The number of aliphatic hydroxyl groups excluding tert-OH is 2. The topological polar surface area (TPSA) is 93.4 Å². The fraction of sp³-hybridized carbons (Fsp3) is 1.00. The average Bonchev–Trinajstić information content (AvgIpc) is 3.05. The van der Waals surface area contributed by atoms with Crippen LogP contribution in [-0.2, 0) is 4.74 Å². The molecule has 6 heteroatoms. The third-order valence-corrected chi connectivity index (χ3v) is 10.8. The smallest absolute Gasteiger partial charge is 0.110 e. The first-order valence-electron chi connectivity index (χ1n) is 11.3. The van der Waals surface area contributed by atoms with E-state index in [2.05, 4.69) is 18.7 Å². The van der Waals surface area contributed by atoms with E-state index in [1.807, 2.05) is 0 Å². The van der Waals surface area contributed by atoms with Crippen LogP contribution in [0.15, 0.2) is 0 Å². The predicted molar refractivity (Wildman–Crippen MR) is 101 cm³/mol. The molecule has 6 nitrogen and oxygen atoms in total. The number of ether oxygens (including phenoxy) is 1. The van der Waals surface area contributed by atoms with Gasteiger partial charge in [0.2, 0.25) is 0 Å². The van der Waals surface area contributed by atoms with E-state index in [1.54, 1.807) is 7.11 Å². The van der Waals surface area contributed by atoms with E-state index in [1.165, 1.54) is 0 Å².